The van der Waals surface area contributed by atoms with E-state index in [-0.39, 0.29) is 0 Å². The molecular weight excluding hydrogens is 96.1 g/mol. The van der Waals surface area contributed by atoms with E-state index in [1.165, 1.54) is 23.7 Å². The third-order valence-electron chi connectivity index (χ3n) is 4.53. The van der Waals surface area contributed by atoms with Crippen molar-refractivity contribution in [3.05, 3.63) is 0 Å². The molecule has 42 valence electrons. The molecule has 0 heterocycles. The minimum absolute atomic E-state index is 1.07. The van der Waals surface area contributed by atoms with E-state index in [0.717, 1.165) is 5.41 Å². The van der Waals surface area contributed by atoms with Gasteiger partial charge in [0, 0.05) is 0 Å². The zero-order valence-corrected chi connectivity index (χ0v) is 4.93. The van der Waals surface area contributed by atoms with E-state index in [1.807, 2.05) is 0 Å². The summed E-state index contributed by atoms with van der Waals surface area (Å²) in [6.07, 6.45) is 4.89. The van der Waals surface area contributed by atoms with Gasteiger partial charge >= 0.3 is 0 Å². The van der Waals surface area contributed by atoms with Gasteiger partial charge in [-0.1, -0.05) is 0 Å². The van der Waals surface area contributed by atoms with Crippen molar-refractivity contribution >= 4 is 0 Å². The number of hydrogen-bond donors (Lipinski definition) is 0. The van der Waals surface area contributed by atoms with Crippen molar-refractivity contribution in [1.82, 2.24) is 0 Å². The maximum atomic E-state index is 1.66. The predicted octanol–water partition coefficient (Wildman–Crippen LogP) is 1.66. The molecule has 4 aliphatic carbocycles. The lowest BCUT2D eigenvalue weighted by Gasteiger charge is -2.22. The van der Waals surface area contributed by atoms with Gasteiger partial charge in [-0.2, -0.15) is 0 Å². The van der Waals surface area contributed by atoms with Crippen molar-refractivity contribution in [2.24, 2.45) is 29.1 Å². The molecule has 1 spiro atoms. The first-order valence-corrected chi connectivity index (χ1v) is 3.94. The molecule has 0 amide bonds. The van der Waals surface area contributed by atoms with Gasteiger partial charge in [0.05, 0.1) is 0 Å². The van der Waals surface area contributed by atoms with E-state index in [0.29, 0.717) is 0 Å². The Kier molecular flexibility index (Phi) is 0.231. The summed E-state index contributed by atoms with van der Waals surface area (Å²) in [7, 11) is 0. The van der Waals surface area contributed by atoms with Crippen LogP contribution < -0.4 is 0 Å². The highest BCUT2D eigenvalue weighted by molar-refractivity contribution is 5.39. The minimum Gasteiger partial charge on any atom is -0.0496 e. The van der Waals surface area contributed by atoms with Gasteiger partial charge in [0.15, 0.2) is 0 Å². The Labute approximate surface area is 49.3 Å². The van der Waals surface area contributed by atoms with Gasteiger partial charge in [0.1, 0.15) is 0 Å². The predicted molar refractivity (Wildman–Crippen MR) is 30.2 cm³/mol. The third kappa shape index (κ3) is 0.116. The summed E-state index contributed by atoms with van der Waals surface area (Å²) in [5.74, 6) is 5.12. The van der Waals surface area contributed by atoms with E-state index in [4.69, 9.17) is 0 Å². The molecule has 4 fully saturated rings. The van der Waals surface area contributed by atoms with Crippen molar-refractivity contribution in [3.8, 4) is 0 Å². The molecule has 0 aromatic rings. The summed E-state index contributed by atoms with van der Waals surface area (Å²) in [6, 6.07) is 0. The summed E-state index contributed by atoms with van der Waals surface area (Å²) in [6.45, 7) is 0. The fourth-order valence-corrected chi connectivity index (χ4v) is 4.28. The molecule has 0 radical (unpaired) electrons. The van der Waals surface area contributed by atoms with Crippen LogP contribution in [0, 0.1) is 29.1 Å². The van der Waals surface area contributed by atoms with E-state index < -0.39 is 0 Å². The lowest BCUT2D eigenvalue weighted by atomic mass is 9.82. The van der Waals surface area contributed by atoms with Gasteiger partial charge in [-0.15, -0.1) is 0 Å². The molecule has 0 bridgehead atoms. The maximum Gasteiger partial charge on any atom is -0.0198 e. The molecule has 5 atom stereocenters. The molecule has 0 saturated heterocycles. The molecule has 0 aromatic carbocycles. The third-order valence-corrected chi connectivity index (χ3v) is 4.53. The average Bonchev–Trinajstić information content (AvgIpc) is 2.53. The van der Waals surface area contributed by atoms with Gasteiger partial charge in [-0.05, 0) is 48.3 Å². The molecule has 0 aliphatic heterocycles. The molecule has 8 heavy (non-hydrogen) atoms. The van der Waals surface area contributed by atoms with E-state index in [1.54, 1.807) is 19.3 Å². The van der Waals surface area contributed by atoms with Crippen LogP contribution in [-0.4, -0.2) is 0 Å². The first-order valence-electron chi connectivity index (χ1n) is 3.94. The van der Waals surface area contributed by atoms with E-state index in [2.05, 4.69) is 0 Å². The summed E-state index contributed by atoms with van der Waals surface area (Å²) in [4.78, 5) is 0. The van der Waals surface area contributed by atoms with Crippen molar-refractivity contribution in [2.45, 2.75) is 19.3 Å². The highest BCUT2D eigenvalue weighted by Crippen LogP contribution is 2.97. The van der Waals surface area contributed by atoms with Crippen LogP contribution in [0.3, 0.4) is 0 Å². The fourth-order valence-electron chi connectivity index (χ4n) is 4.28. The number of hydrogen-bond acceptors (Lipinski definition) is 0. The second-order valence-corrected chi connectivity index (χ2v) is 4.30. The minimum atomic E-state index is 1.07. The van der Waals surface area contributed by atoms with Gasteiger partial charge in [-0.25, -0.2) is 0 Å². The second-order valence-electron chi connectivity index (χ2n) is 4.30. The van der Waals surface area contributed by atoms with Crippen LogP contribution in [0.5, 0.6) is 0 Å². The first-order chi connectivity index (χ1) is 3.94. The van der Waals surface area contributed by atoms with E-state index in [9.17, 15) is 0 Å². The summed E-state index contributed by atoms with van der Waals surface area (Å²) in [5, 5.41) is 0. The standard InChI is InChI=1S/C8H10/c1-2-5-7-4(1)6-3-8(5,6)7/h4-7H,1-3H2. The molecule has 4 rings (SSSR count). The van der Waals surface area contributed by atoms with Gasteiger partial charge in [-0.3, -0.25) is 0 Å². The Hall–Kier alpha value is 0. The van der Waals surface area contributed by atoms with Crippen molar-refractivity contribution in [2.75, 3.05) is 0 Å². The van der Waals surface area contributed by atoms with Crippen LogP contribution in [-0.2, 0) is 0 Å². The maximum absolute atomic E-state index is 1.66. The molecule has 4 saturated carbocycles. The van der Waals surface area contributed by atoms with Crippen LogP contribution in [0.15, 0.2) is 0 Å². The smallest absolute Gasteiger partial charge is 0.0198 e. The first kappa shape index (κ1) is 3.24. The molecule has 5 unspecified atom stereocenters. The Bertz CT molecular complexity index is 172. The van der Waals surface area contributed by atoms with Crippen molar-refractivity contribution in [3.63, 3.8) is 0 Å². The van der Waals surface area contributed by atoms with Crippen LogP contribution >= 0.6 is 0 Å². The average molecular weight is 106 g/mol. The normalized spacial score (nSPS) is 87.0. The lowest BCUT2D eigenvalue weighted by molar-refractivity contribution is 0.256. The summed E-state index contributed by atoms with van der Waals surface area (Å²) >= 11 is 0. The molecule has 0 aromatic heterocycles. The largest absolute Gasteiger partial charge is 0.0496 e. The number of fused-ring (bicyclic) bond motifs is 1. The van der Waals surface area contributed by atoms with Crippen LogP contribution in [0.2, 0.25) is 0 Å². The van der Waals surface area contributed by atoms with E-state index >= 15 is 0 Å². The topological polar surface area (TPSA) is 0 Å². The molecule has 0 N–H and O–H groups in total. The molecule has 4 aliphatic rings. The van der Waals surface area contributed by atoms with Crippen molar-refractivity contribution in [1.29, 1.82) is 0 Å². The molecular formula is C8H10. The van der Waals surface area contributed by atoms with Crippen LogP contribution in [0.4, 0.5) is 0 Å². The summed E-state index contributed by atoms with van der Waals surface area (Å²) in [5.41, 5.74) is 1.07. The molecule has 0 nitrogen and oxygen atoms in total. The van der Waals surface area contributed by atoms with Crippen LogP contribution in [0.1, 0.15) is 19.3 Å². The second kappa shape index (κ2) is 0.571. The summed E-state index contributed by atoms with van der Waals surface area (Å²) < 4.78 is 0. The molecule has 0 heteroatoms. The zero-order chi connectivity index (χ0) is 4.93. The van der Waals surface area contributed by atoms with Crippen LogP contribution in [0.25, 0.3) is 0 Å². The Morgan fingerprint density at radius 2 is 2.12 bits per heavy atom. The number of rotatable bonds is 0. The van der Waals surface area contributed by atoms with Gasteiger partial charge in [0.25, 0.3) is 0 Å². The van der Waals surface area contributed by atoms with Gasteiger partial charge in [0.2, 0.25) is 0 Å². The van der Waals surface area contributed by atoms with Gasteiger partial charge < -0.3 is 0 Å². The lowest BCUT2D eigenvalue weighted by Crippen LogP contribution is -2.17. The quantitative estimate of drug-likeness (QED) is 0.440. The van der Waals surface area contributed by atoms with Crippen molar-refractivity contribution < 1.29 is 0 Å². The SMILES string of the molecule is C1CC2C3C1C1CC123. The highest BCUT2D eigenvalue weighted by atomic mass is 15.0. The Balaban J connectivity index is 2.04. The Morgan fingerprint density at radius 1 is 1.12 bits per heavy atom. The monoisotopic (exact) mass is 106 g/mol. The zero-order valence-electron chi connectivity index (χ0n) is 4.93. The Morgan fingerprint density at radius 3 is 2.62 bits per heavy atom. The fraction of sp³-hybridized carbons (Fsp3) is 1.00. The highest BCUT2D eigenvalue weighted by Gasteiger charge is 2.91.